The third-order valence-electron chi connectivity index (χ3n) is 5.48. The minimum Gasteiger partial charge on any atom is -0.392 e. The Balaban J connectivity index is 1.61. The number of aliphatic hydroxyl groups excluding tert-OH is 1. The van der Waals surface area contributed by atoms with Gasteiger partial charge in [-0.3, -0.25) is 9.59 Å². The highest BCUT2D eigenvalue weighted by molar-refractivity contribution is 5.95. The SMILES string of the molecule is CC1(C)O[C@@H]2[C@H](O1)[C@@H](NC(=O)c1ccccc1)C(CO)=C[C@H]2NC(=O)c1ccccc1. The van der Waals surface area contributed by atoms with E-state index in [2.05, 4.69) is 10.6 Å². The average Bonchev–Trinajstić information content (AvgIpc) is 3.11. The molecule has 2 aromatic rings. The smallest absolute Gasteiger partial charge is 0.251 e. The Morgan fingerprint density at radius 2 is 1.39 bits per heavy atom. The van der Waals surface area contributed by atoms with Crippen LogP contribution in [0.4, 0.5) is 0 Å². The second-order valence-electron chi connectivity index (χ2n) is 8.15. The van der Waals surface area contributed by atoms with Crippen molar-refractivity contribution in [2.45, 2.75) is 43.9 Å². The summed E-state index contributed by atoms with van der Waals surface area (Å²) in [5, 5.41) is 16.0. The van der Waals surface area contributed by atoms with Gasteiger partial charge in [-0.15, -0.1) is 0 Å². The highest BCUT2D eigenvalue weighted by atomic mass is 16.8. The van der Waals surface area contributed by atoms with Gasteiger partial charge in [0, 0.05) is 11.1 Å². The van der Waals surface area contributed by atoms with Gasteiger partial charge in [-0.2, -0.15) is 0 Å². The van der Waals surface area contributed by atoms with Gasteiger partial charge in [-0.1, -0.05) is 42.5 Å². The van der Waals surface area contributed by atoms with Gasteiger partial charge >= 0.3 is 0 Å². The number of aliphatic hydroxyl groups is 1. The number of benzene rings is 2. The first-order valence-corrected chi connectivity index (χ1v) is 10.3. The van der Waals surface area contributed by atoms with Gasteiger partial charge < -0.3 is 25.2 Å². The molecule has 0 saturated carbocycles. The normalized spacial score (nSPS) is 26.5. The van der Waals surface area contributed by atoms with Crippen LogP contribution in [0.5, 0.6) is 0 Å². The number of ether oxygens (including phenoxy) is 2. The molecule has 7 nitrogen and oxygen atoms in total. The predicted octanol–water partition coefficient (Wildman–Crippen LogP) is 2.04. The van der Waals surface area contributed by atoms with Crippen LogP contribution >= 0.6 is 0 Å². The molecule has 4 rings (SSSR count). The summed E-state index contributed by atoms with van der Waals surface area (Å²) in [5.74, 6) is -1.43. The second kappa shape index (κ2) is 8.63. The highest BCUT2D eigenvalue weighted by Crippen LogP contribution is 2.37. The maximum atomic E-state index is 12.8. The summed E-state index contributed by atoms with van der Waals surface area (Å²) in [6.45, 7) is 3.29. The minimum atomic E-state index is -0.903. The van der Waals surface area contributed by atoms with Crippen LogP contribution in [0.15, 0.2) is 72.3 Å². The lowest BCUT2D eigenvalue weighted by Gasteiger charge is -2.37. The van der Waals surface area contributed by atoms with Crippen molar-refractivity contribution >= 4 is 11.8 Å². The van der Waals surface area contributed by atoms with Crippen molar-refractivity contribution in [1.29, 1.82) is 0 Å². The quantitative estimate of drug-likeness (QED) is 0.641. The lowest BCUT2D eigenvalue weighted by Crippen LogP contribution is -2.58. The van der Waals surface area contributed by atoms with Crippen LogP contribution in [-0.4, -0.2) is 53.6 Å². The van der Waals surface area contributed by atoms with Gasteiger partial charge in [0.25, 0.3) is 11.8 Å². The van der Waals surface area contributed by atoms with Crippen molar-refractivity contribution in [3.63, 3.8) is 0 Å². The zero-order valence-electron chi connectivity index (χ0n) is 17.4. The van der Waals surface area contributed by atoms with E-state index in [0.29, 0.717) is 16.7 Å². The fourth-order valence-corrected chi connectivity index (χ4v) is 4.08. The van der Waals surface area contributed by atoms with Crippen LogP contribution in [-0.2, 0) is 9.47 Å². The van der Waals surface area contributed by atoms with Crippen LogP contribution in [0.2, 0.25) is 0 Å². The first kappa shape index (κ1) is 21.2. The van der Waals surface area contributed by atoms with E-state index in [9.17, 15) is 14.7 Å². The molecule has 162 valence electrons. The summed E-state index contributed by atoms with van der Waals surface area (Å²) in [6.07, 6.45) is 0.651. The zero-order chi connectivity index (χ0) is 22.0. The van der Waals surface area contributed by atoms with Crippen LogP contribution in [0.3, 0.4) is 0 Å². The van der Waals surface area contributed by atoms with E-state index in [4.69, 9.17) is 9.47 Å². The number of nitrogens with one attached hydrogen (secondary N) is 2. The van der Waals surface area contributed by atoms with Gasteiger partial charge in [-0.05, 0) is 43.7 Å². The second-order valence-corrected chi connectivity index (χ2v) is 8.15. The van der Waals surface area contributed by atoms with Gasteiger partial charge in [-0.25, -0.2) is 0 Å². The third-order valence-corrected chi connectivity index (χ3v) is 5.48. The average molecular weight is 422 g/mol. The molecule has 0 bridgehead atoms. The molecule has 0 radical (unpaired) electrons. The Hall–Kier alpha value is -3.00. The Morgan fingerprint density at radius 1 is 0.871 bits per heavy atom. The molecule has 2 amide bonds. The number of hydrogen-bond donors (Lipinski definition) is 3. The molecule has 4 atom stereocenters. The molecular formula is C24H26N2O5. The fourth-order valence-electron chi connectivity index (χ4n) is 4.08. The Labute approximate surface area is 181 Å². The molecule has 3 N–H and O–H groups in total. The van der Waals surface area contributed by atoms with Gasteiger partial charge in [0.1, 0.15) is 12.2 Å². The summed E-state index contributed by atoms with van der Waals surface area (Å²) in [4.78, 5) is 25.5. The molecule has 2 aromatic carbocycles. The molecule has 1 aliphatic heterocycles. The molecule has 1 heterocycles. The van der Waals surface area contributed by atoms with E-state index >= 15 is 0 Å². The molecule has 1 saturated heterocycles. The van der Waals surface area contributed by atoms with Crippen molar-refractivity contribution < 1.29 is 24.2 Å². The summed E-state index contributed by atoms with van der Waals surface area (Å²) < 4.78 is 12.2. The predicted molar refractivity (Wildman–Crippen MR) is 114 cm³/mol. The van der Waals surface area contributed by atoms with Crippen molar-refractivity contribution in [1.82, 2.24) is 10.6 Å². The summed E-state index contributed by atoms with van der Waals surface area (Å²) in [6, 6.07) is 16.6. The maximum Gasteiger partial charge on any atom is 0.251 e. The molecular weight excluding hydrogens is 396 g/mol. The molecule has 31 heavy (non-hydrogen) atoms. The van der Waals surface area contributed by atoms with E-state index in [1.807, 2.05) is 12.1 Å². The minimum absolute atomic E-state index is 0.252. The van der Waals surface area contributed by atoms with E-state index < -0.39 is 30.1 Å². The van der Waals surface area contributed by atoms with Crippen LogP contribution in [0.25, 0.3) is 0 Å². The number of fused-ring (bicyclic) bond motifs is 1. The topological polar surface area (TPSA) is 96.9 Å². The fraction of sp³-hybridized carbons (Fsp3) is 0.333. The molecule has 0 unspecified atom stereocenters. The Morgan fingerprint density at radius 3 is 1.94 bits per heavy atom. The van der Waals surface area contributed by atoms with Gasteiger partial charge in [0.05, 0.1) is 18.7 Å². The van der Waals surface area contributed by atoms with Gasteiger partial charge in [0.15, 0.2) is 5.79 Å². The lowest BCUT2D eigenvalue weighted by atomic mass is 9.86. The summed E-state index contributed by atoms with van der Waals surface area (Å²) >= 11 is 0. The van der Waals surface area contributed by atoms with Crippen molar-refractivity contribution in [3.8, 4) is 0 Å². The number of hydrogen-bond acceptors (Lipinski definition) is 5. The monoisotopic (exact) mass is 422 g/mol. The van der Waals surface area contributed by atoms with E-state index in [0.717, 1.165) is 0 Å². The highest BCUT2D eigenvalue weighted by Gasteiger charge is 2.52. The largest absolute Gasteiger partial charge is 0.392 e. The Bertz CT molecular complexity index is 974. The van der Waals surface area contributed by atoms with Crippen molar-refractivity contribution in [2.24, 2.45) is 0 Å². The first-order chi connectivity index (χ1) is 14.9. The third kappa shape index (κ3) is 4.54. The molecule has 1 aliphatic carbocycles. The lowest BCUT2D eigenvalue weighted by molar-refractivity contribution is -0.148. The number of carbonyl (C=O) groups excluding carboxylic acids is 2. The molecule has 0 spiro atoms. The number of amides is 2. The molecule has 1 fully saturated rings. The Kier molecular flexibility index (Phi) is 5.91. The van der Waals surface area contributed by atoms with Crippen molar-refractivity contribution in [2.75, 3.05) is 6.61 Å². The zero-order valence-corrected chi connectivity index (χ0v) is 17.4. The maximum absolute atomic E-state index is 12.8. The van der Waals surface area contributed by atoms with Crippen LogP contribution in [0, 0.1) is 0 Å². The van der Waals surface area contributed by atoms with E-state index in [1.165, 1.54) is 0 Å². The number of rotatable bonds is 5. The molecule has 0 aromatic heterocycles. The van der Waals surface area contributed by atoms with Gasteiger partial charge in [0.2, 0.25) is 0 Å². The van der Waals surface area contributed by atoms with Crippen LogP contribution in [0.1, 0.15) is 34.6 Å². The van der Waals surface area contributed by atoms with E-state index in [-0.39, 0.29) is 18.4 Å². The molecule has 7 heteroatoms. The number of carbonyl (C=O) groups is 2. The van der Waals surface area contributed by atoms with Crippen LogP contribution < -0.4 is 10.6 Å². The first-order valence-electron chi connectivity index (χ1n) is 10.3. The van der Waals surface area contributed by atoms with Crippen molar-refractivity contribution in [3.05, 3.63) is 83.4 Å². The summed E-state index contributed by atoms with van der Waals surface area (Å²) in [7, 11) is 0. The van der Waals surface area contributed by atoms with E-state index in [1.54, 1.807) is 68.5 Å². The molecule has 2 aliphatic rings. The summed E-state index contributed by atoms with van der Waals surface area (Å²) in [5.41, 5.74) is 1.59. The standard InChI is InChI=1S/C24H26N2O5/c1-24(2)30-20-18(25-22(28)15-9-5-3-6-10-15)13-17(14-27)19(21(20)31-24)26-23(29)16-11-7-4-8-12-16/h3-13,18-21,27H,14H2,1-2H3,(H,25,28)(H,26,29)/t18-,19+,20+,21-/m1/s1.